The average Bonchev–Trinajstić information content (AvgIpc) is 2.43. The molecule has 0 fully saturated rings. The van der Waals surface area contributed by atoms with Gasteiger partial charge in [-0.3, -0.25) is 4.79 Å². The average molecular weight is 356 g/mol. The van der Waals surface area contributed by atoms with Gasteiger partial charge in [-0.25, -0.2) is 9.59 Å². The third-order valence-electron chi connectivity index (χ3n) is 2.48. The SMILES string of the molecule is CC(C)(C)COC(=O)c1ccccc1C(=O)O.CC(S)CC(=O)O. The van der Waals surface area contributed by atoms with Gasteiger partial charge in [0.2, 0.25) is 0 Å². The standard InChI is InChI=1S/C13H16O4.C4H8O2S/c1-13(2,3)8-17-12(16)10-7-5-4-6-9(10)11(14)15;1-3(7)2-4(5)6/h4-7H,8H2,1-3H3,(H,14,15);3,7H,2H2,1H3,(H,5,6). The third kappa shape index (κ3) is 9.89. The number of benzene rings is 1. The largest absolute Gasteiger partial charge is 0.481 e. The topological polar surface area (TPSA) is 101 Å². The number of carboxylic acid groups (broad SMARTS) is 2. The number of carboxylic acids is 2. The molecule has 134 valence electrons. The summed E-state index contributed by atoms with van der Waals surface area (Å²) in [5.74, 6) is -2.52. The molecule has 0 bridgehead atoms. The van der Waals surface area contributed by atoms with Crippen LogP contribution in [0.3, 0.4) is 0 Å². The van der Waals surface area contributed by atoms with Crippen molar-refractivity contribution < 1.29 is 29.3 Å². The second-order valence-corrected chi connectivity index (χ2v) is 7.32. The van der Waals surface area contributed by atoms with E-state index in [2.05, 4.69) is 12.6 Å². The highest BCUT2D eigenvalue weighted by Gasteiger charge is 2.19. The maximum absolute atomic E-state index is 11.7. The number of carbonyl (C=O) groups excluding carboxylic acids is 1. The van der Waals surface area contributed by atoms with Gasteiger partial charge in [0.15, 0.2) is 0 Å². The van der Waals surface area contributed by atoms with Crippen LogP contribution in [0.4, 0.5) is 0 Å². The van der Waals surface area contributed by atoms with E-state index in [1.807, 2.05) is 20.8 Å². The molecule has 24 heavy (non-hydrogen) atoms. The summed E-state index contributed by atoms with van der Waals surface area (Å²) in [4.78, 5) is 32.4. The number of hydrogen-bond acceptors (Lipinski definition) is 5. The number of rotatable bonds is 5. The minimum absolute atomic E-state index is 0.0301. The van der Waals surface area contributed by atoms with Crippen LogP contribution in [0.15, 0.2) is 24.3 Å². The van der Waals surface area contributed by atoms with Crippen molar-refractivity contribution in [3.05, 3.63) is 35.4 Å². The van der Waals surface area contributed by atoms with E-state index in [9.17, 15) is 14.4 Å². The minimum Gasteiger partial charge on any atom is -0.481 e. The number of aromatic carboxylic acids is 1. The molecule has 1 unspecified atom stereocenters. The maximum atomic E-state index is 11.7. The van der Waals surface area contributed by atoms with E-state index in [-0.39, 0.29) is 34.8 Å². The van der Waals surface area contributed by atoms with Gasteiger partial charge in [0.25, 0.3) is 0 Å². The normalized spacial score (nSPS) is 11.7. The second-order valence-electron chi connectivity index (χ2n) is 6.43. The molecule has 0 aliphatic carbocycles. The highest BCUT2D eigenvalue weighted by atomic mass is 32.1. The van der Waals surface area contributed by atoms with Gasteiger partial charge in [-0.05, 0) is 17.5 Å². The summed E-state index contributed by atoms with van der Waals surface area (Å²) in [6.07, 6.45) is 0.142. The Hall–Kier alpha value is -2.02. The van der Waals surface area contributed by atoms with Crippen molar-refractivity contribution in [1.29, 1.82) is 0 Å². The van der Waals surface area contributed by atoms with Gasteiger partial charge in [0, 0.05) is 5.25 Å². The van der Waals surface area contributed by atoms with Crippen LogP contribution in [0.25, 0.3) is 0 Å². The van der Waals surface area contributed by atoms with Crippen LogP contribution < -0.4 is 0 Å². The highest BCUT2D eigenvalue weighted by Crippen LogP contribution is 2.16. The first-order valence-corrected chi connectivity index (χ1v) is 7.85. The third-order valence-corrected chi connectivity index (χ3v) is 2.67. The molecule has 1 aromatic carbocycles. The van der Waals surface area contributed by atoms with Crippen LogP contribution in [-0.4, -0.2) is 40.0 Å². The van der Waals surface area contributed by atoms with Crippen LogP contribution in [0.2, 0.25) is 0 Å². The number of esters is 1. The first kappa shape index (κ1) is 22.0. The summed E-state index contributed by atoms with van der Waals surface area (Å²) in [5, 5.41) is 16.9. The predicted octanol–water partition coefficient (Wildman–Crippen LogP) is 3.37. The molecule has 1 aromatic rings. The van der Waals surface area contributed by atoms with Gasteiger partial charge >= 0.3 is 17.9 Å². The summed E-state index contributed by atoms with van der Waals surface area (Å²) < 4.78 is 5.08. The predicted molar refractivity (Wildman–Crippen MR) is 93.8 cm³/mol. The summed E-state index contributed by atoms with van der Waals surface area (Å²) in [6.45, 7) is 7.80. The van der Waals surface area contributed by atoms with Gasteiger partial charge < -0.3 is 14.9 Å². The van der Waals surface area contributed by atoms with Crippen LogP contribution in [0.5, 0.6) is 0 Å². The Bertz CT molecular complexity index is 575. The van der Waals surface area contributed by atoms with E-state index in [0.29, 0.717) is 0 Å². The summed E-state index contributed by atoms with van der Waals surface area (Å²) >= 11 is 3.86. The van der Waals surface area contributed by atoms with Crippen molar-refractivity contribution in [2.24, 2.45) is 5.41 Å². The van der Waals surface area contributed by atoms with E-state index in [4.69, 9.17) is 14.9 Å². The van der Waals surface area contributed by atoms with E-state index in [1.54, 1.807) is 19.1 Å². The summed E-state index contributed by atoms with van der Waals surface area (Å²) in [7, 11) is 0. The molecule has 0 saturated carbocycles. The Morgan fingerprint density at radius 3 is 1.96 bits per heavy atom. The van der Waals surface area contributed by atoms with Crippen LogP contribution in [0.1, 0.15) is 54.8 Å². The molecular weight excluding hydrogens is 332 g/mol. The lowest BCUT2D eigenvalue weighted by atomic mass is 9.98. The van der Waals surface area contributed by atoms with Crippen molar-refractivity contribution in [2.75, 3.05) is 6.61 Å². The fraction of sp³-hybridized carbons (Fsp3) is 0.471. The zero-order chi connectivity index (χ0) is 18.9. The minimum atomic E-state index is -1.13. The van der Waals surface area contributed by atoms with Crippen LogP contribution in [-0.2, 0) is 9.53 Å². The molecule has 0 radical (unpaired) electrons. The fourth-order valence-electron chi connectivity index (χ4n) is 1.46. The quantitative estimate of drug-likeness (QED) is 0.552. The van der Waals surface area contributed by atoms with Crippen molar-refractivity contribution in [3.63, 3.8) is 0 Å². The number of thiol groups is 1. The smallest absolute Gasteiger partial charge is 0.339 e. The van der Waals surface area contributed by atoms with Crippen molar-refractivity contribution in [1.82, 2.24) is 0 Å². The molecule has 1 atom stereocenters. The molecule has 0 heterocycles. The zero-order valence-electron chi connectivity index (χ0n) is 14.3. The maximum Gasteiger partial charge on any atom is 0.339 e. The van der Waals surface area contributed by atoms with E-state index in [1.165, 1.54) is 12.1 Å². The Balaban J connectivity index is 0.000000640. The van der Waals surface area contributed by atoms with Gasteiger partial charge in [-0.1, -0.05) is 39.8 Å². The first-order valence-electron chi connectivity index (χ1n) is 7.33. The van der Waals surface area contributed by atoms with E-state index < -0.39 is 17.9 Å². The van der Waals surface area contributed by atoms with Gasteiger partial charge in [-0.15, -0.1) is 0 Å². The van der Waals surface area contributed by atoms with Gasteiger partial charge in [0.05, 0.1) is 24.2 Å². The van der Waals surface area contributed by atoms with Gasteiger partial charge in [0.1, 0.15) is 0 Å². The Labute approximate surface area is 147 Å². The molecule has 0 amide bonds. The molecule has 1 rings (SSSR count). The lowest BCUT2D eigenvalue weighted by Gasteiger charge is -2.18. The Morgan fingerprint density at radius 1 is 1.12 bits per heavy atom. The first-order chi connectivity index (χ1) is 10.9. The summed E-state index contributed by atoms with van der Waals surface area (Å²) in [6, 6.07) is 6.02. The number of hydrogen-bond donors (Lipinski definition) is 3. The Kier molecular flexibility index (Phi) is 9.13. The summed E-state index contributed by atoms with van der Waals surface area (Å²) in [5.41, 5.74) is -0.0935. The van der Waals surface area contributed by atoms with Crippen molar-refractivity contribution >= 4 is 30.5 Å². The molecule has 0 aliphatic heterocycles. The Morgan fingerprint density at radius 2 is 1.62 bits per heavy atom. The monoisotopic (exact) mass is 356 g/mol. The molecule has 6 nitrogen and oxygen atoms in total. The molecule has 0 aliphatic rings. The van der Waals surface area contributed by atoms with Crippen molar-refractivity contribution in [2.45, 2.75) is 39.4 Å². The van der Waals surface area contributed by atoms with Gasteiger partial charge in [-0.2, -0.15) is 12.6 Å². The fourth-order valence-corrected chi connectivity index (χ4v) is 1.62. The van der Waals surface area contributed by atoms with E-state index in [0.717, 1.165) is 0 Å². The van der Waals surface area contributed by atoms with Crippen LogP contribution in [0, 0.1) is 5.41 Å². The molecular formula is C17H24O6S. The van der Waals surface area contributed by atoms with E-state index >= 15 is 0 Å². The molecule has 0 spiro atoms. The lowest BCUT2D eigenvalue weighted by molar-refractivity contribution is -0.136. The van der Waals surface area contributed by atoms with Crippen molar-refractivity contribution in [3.8, 4) is 0 Å². The molecule has 0 aromatic heterocycles. The molecule has 2 N–H and O–H groups in total. The second kappa shape index (κ2) is 9.97. The molecule has 0 saturated heterocycles. The van der Waals surface area contributed by atoms with Crippen LogP contribution >= 0.6 is 12.6 Å². The lowest BCUT2D eigenvalue weighted by Crippen LogP contribution is -2.19. The number of carbonyl (C=O) groups is 3. The number of aliphatic carboxylic acids is 1. The number of ether oxygens (including phenoxy) is 1. The molecule has 7 heteroatoms. The zero-order valence-corrected chi connectivity index (χ0v) is 15.2. The highest BCUT2D eigenvalue weighted by molar-refractivity contribution is 7.80.